The molecule has 2 amide bonds. The van der Waals surface area contributed by atoms with Crippen molar-refractivity contribution in [2.45, 2.75) is 56.6 Å². The maximum atomic E-state index is 12.9. The predicted octanol–water partition coefficient (Wildman–Crippen LogP) is 1.39. The van der Waals surface area contributed by atoms with Gasteiger partial charge in [-0.05, 0) is 62.4 Å². The second kappa shape index (κ2) is 11.3. The minimum Gasteiger partial charge on any atom is -0.550 e. The molecule has 3 rings (SSSR count). The molecule has 1 heterocycles. The first-order valence-corrected chi connectivity index (χ1v) is 13.3. The van der Waals surface area contributed by atoms with E-state index in [0.717, 1.165) is 18.2 Å². The average Bonchev–Trinajstić information content (AvgIpc) is 2.80. The number of amides is 2. The van der Waals surface area contributed by atoms with Crippen molar-refractivity contribution in [1.29, 1.82) is 0 Å². The topological polar surface area (TPSA) is 145 Å². The highest BCUT2D eigenvalue weighted by Gasteiger charge is 2.30. The van der Waals surface area contributed by atoms with Gasteiger partial charge in [0.25, 0.3) is 0 Å². The zero-order chi connectivity index (χ0) is 26.5. The Kier molecular flexibility index (Phi) is 8.57. The third kappa shape index (κ3) is 7.66. The van der Waals surface area contributed by atoms with Crippen molar-refractivity contribution in [1.82, 2.24) is 14.9 Å². The lowest BCUT2D eigenvalue weighted by Gasteiger charge is -2.34. The Labute approximate surface area is 211 Å². The molecule has 0 radical (unpaired) electrons. The SMILES string of the molecule is CC(C)(C)OC(=O)N1CCC[C@@H](CNC(=O)[C@@H](CC(=O)[O-])NS(=O)(=O)c2ccc3ccccc3c2)C1. The molecule has 1 aliphatic heterocycles. The van der Waals surface area contributed by atoms with E-state index in [2.05, 4.69) is 10.0 Å². The number of benzene rings is 2. The Morgan fingerprint density at radius 3 is 2.50 bits per heavy atom. The quantitative estimate of drug-likeness (QED) is 0.537. The van der Waals surface area contributed by atoms with Crippen LogP contribution in [0.5, 0.6) is 0 Å². The number of fused-ring (bicyclic) bond motifs is 1. The van der Waals surface area contributed by atoms with Crippen LogP contribution >= 0.6 is 0 Å². The van der Waals surface area contributed by atoms with Crippen LogP contribution in [-0.4, -0.2) is 62.6 Å². The van der Waals surface area contributed by atoms with Crippen molar-refractivity contribution in [3.8, 4) is 0 Å². The summed E-state index contributed by atoms with van der Waals surface area (Å²) in [6, 6.07) is 10.1. The van der Waals surface area contributed by atoms with Gasteiger partial charge in [0.1, 0.15) is 11.6 Å². The van der Waals surface area contributed by atoms with E-state index in [1.807, 2.05) is 12.1 Å². The Morgan fingerprint density at radius 2 is 1.83 bits per heavy atom. The molecule has 1 fully saturated rings. The van der Waals surface area contributed by atoms with Crippen LogP contribution in [0.2, 0.25) is 0 Å². The summed E-state index contributed by atoms with van der Waals surface area (Å²) in [6.45, 7) is 6.40. The summed E-state index contributed by atoms with van der Waals surface area (Å²) >= 11 is 0. The molecular weight excluding hydrogens is 486 g/mol. The van der Waals surface area contributed by atoms with Crippen molar-refractivity contribution in [2.75, 3.05) is 19.6 Å². The highest BCUT2D eigenvalue weighted by atomic mass is 32.2. The van der Waals surface area contributed by atoms with Crippen LogP contribution in [0.25, 0.3) is 10.8 Å². The van der Waals surface area contributed by atoms with E-state index >= 15 is 0 Å². The van der Waals surface area contributed by atoms with Crippen molar-refractivity contribution < 1.29 is 32.6 Å². The van der Waals surface area contributed by atoms with E-state index < -0.39 is 46.1 Å². The number of carbonyl (C=O) groups is 3. The molecule has 0 spiro atoms. The van der Waals surface area contributed by atoms with Gasteiger partial charge >= 0.3 is 6.09 Å². The van der Waals surface area contributed by atoms with E-state index in [4.69, 9.17) is 4.74 Å². The molecule has 2 aromatic carbocycles. The summed E-state index contributed by atoms with van der Waals surface area (Å²) < 4.78 is 33.5. The number of carboxylic acids is 1. The van der Waals surface area contributed by atoms with Gasteiger partial charge in [0.2, 0.25) is 15.9 Å². The summed E-state index contributed by atoms with van der Waals surface area (Å²) in [7, 11) is -4.19. The first kappa shape index (κ1) is 27.4. The van der Waals surface area contributed by atoms with Crippen LogP contribution in [0.1, 0.15) is 40.0 Å². The highest BCUT2D eigenvalue weighted by Crippen LogP contribution is 2.20. The molecular formula is C25H32N3O7S-. The van der Waals surface area contributed by atoms with Crippen LogP contribution < -0.4 is 15.1 Å². The smallest absolute Gasteiger partial charge is 0.410 e. The van der Waals surface area contributed by atoms with Crippen LogP contribution in [0.3, 0.4) is 0 Å². The lowest BCUT2D eigenvalue weighted by atomic mass is 9.98. The van der Waals surface area contributed by atoms with Gasteiger partial charge in [-0.25, -0.2) is 13.2 Å². The Hall–Kier alpha value is -3.18. The zero-order valence-electron chi connectivity index (χ0n) is 20.7. The Bertz CT molecular complexity index is 1220. The standard InChI is InChI=1S/C25H33N3O7S/c1-25(2,3)35-24(32)28-12-6-7-17(16-28)15-26-23(31)21(14-22(29)30)27-36(33,34)20-11-10-18-8-4-5-9-19(18)13-20/h4-5,8-11,13,17,21,27H,6-7,12,14-16H2,1-3H3,(H,26,31)(H,29,30)/p-1/t17-,21+/m0/s1. The molecule has 0 bridgehead atoms. The second-order valence-corrected chi connectivity index (χ2v) is 11.7. The average molecular weight is 519 g/mol. The maximum Gasteiger partial charge on any atom is 0.410 e. The van der Waals surface area contributed by atoms with E-state index in [0.29, 0.717) is 18.5 Å². The van der Waals surface area contributed by atoms with Gasteiger partial charge in [-0.3, -0.25) is 4.79 Å². The van der Waals surface area contributed by atoms with Gasteiger partial charge < -0.3 is 24.9 Å². The van der Waals surface area contributed by atoms with E-state index in [1.54, 1.807) is 43.9 Å². The van der Waals surface area contributed by atoms with Gasteiger partial charge in [-0.15, -0.1) is 0 Å². The fraction of sp³-hybridized carbons (Fsp3) is 0.480. The molecule has 11 heteroatoms. The molecule has 2 N–H and O–H groups in total. The van der Waals surface area contributed by atoms with Crippen molar-refractivity contribution in [3.63, 3.8) is 0 Å². The number of sulfonamides is 1. The number of nitrogens with zero attached hydrogens (tertiary/aromatic N) is 1. The molecule has 0 aliphatic carbocycles. The largest absolute Gasteiger partial charge is 0.550 e. The van der Waals surface area contributed by atoms with Crippen molar-refractivity contribution >= 4 is 38.8 Å². The fourth-order valence-corrected chi connectivity index (χ4v) is 5.27. The fourth-order valence-electron chi connectivity index (χ4n) is 4.04. The lowest BCUT2D eigenvalue weighted by Crippen LogP contribution is -2.51. The molecule has 0 aromatic heterocycles. The van der Waals surface area contributed by atoms with E-state index in [1.165, 1.54) is 12.1 Å². The number of nitrogens with one attached hydrogen (secondary N) is 2. The number of piperidine rings is 1. The molecule has 10 nitrogen and oxygen atoms in total. The van der Waals surface area contributed by atoms with Crippen LogP contribution in [-0.2, 0) is 24.3 Å². The number of hydrogen-bond donors (Lipinski definition) is 2. The number of likely N-dealkylation sites (tertiary alicyclic amines) is 1. The first-order valence-electron chi connectivity index (χ1n) is 11.8. The Balaban J connectivity index is 1.65. The predicted molar refractivity (Wildman–Crippen MR) is 131 cm³/mol. The summed E-state index contributed by atoms with van der Waals surface area (Å²) in [4.78, 5) is 37.9. The molecule has 2 aromatic rings. The Morgan fingerprint density at radius 1 is 1.14 bits per heavy atom. The summed E-state index contributed by atoms with van der Waals surface area (Å²) in [5.41, 5.74) is -0.626. The molecule has 0 unspecified atom stereocenters. The number of rotatable bonds is 8. The summed E-state index contributed by atoms with van der Waals surface area (Å²) in [5, 5.41) is 15.4. The van der Waals surface area contributed by atoms with E-state index in [-0.39, 0.29) is 17.4 Å². The van der Waals surface area contributed by atoms with Gasteiger partial charge in [-0.1, -0.05) is 30.3 Å². The number of carboxylic acid groups (broad SMARTS) is 1. The minimum absolute atomic E-state index is 0.0855. The van der Waals surface area contributed by atoms with Crippen molar-refractivity contribution in [2.24, 2.45) is 5.92 Å². The molecule has 36 heavy (non-hydrogen) atoms. The van der Waals surface area contributed by atoms with Gasteiger partial charge in [-0.2, -0.15) is 4.72 Å². The van der Waals surface area contributed by atoms with Crippen LogP contribution in [0, 0.1) is 5.92 Å². The molecule has 0 saturated carbocycles. The highest BCUT2D eigenvalue weighted by molar-refractivity contribution is 7.89. The lowest BCUT2D eigenvalue weighted by molar-refractivity contribution is -0.306. The molecule has 196 valence electrons. The first-order chi connectivity index (χ1) is 16.8. The molecule has 1 saturated heterocycles. The van der Waals surface area contributed by atoms with E-state index in [9.17, 15) is 27.9 Å². The van der Waals surface area contributed by atoms with Crippen LogP contribution in [0.4, 0.5) is 4.79 Å². The third-order valence-corrected chi connectivity index (χ3v) is 7.22. The number of aliphatic carboxylic acids is 1. The van der Waals surface area contributed by atoms with Crippen molar-refractivity contribution in [3.05, 3.63) is 42.5 Å². The minimum atomic E-state index is -4.19. The van der Waals surface area contributed by atoms with Gasteiger partial charge in [0.15, 0.2) is 0 Å². The van der Waals surface area contributed by atoms with Gasteiger partial charge in [0, 0.05) is 32.0 Å². The summed E-state index contributed by atoms with van der Waals surface area (Å²) in [5.74, 6) is -2.43. The molecule has 2 atom stereocenters. The number of hydrogen-bond acceptors (Lipinski definition) is 7. The normalized spacial score (nSPS) is 17.4. The number of ether oxygens (including phenoxy) is 1. The maximum absolute atomic E-state index is 12.9. The zero-order valence-corrected chi connectivity index (χ0v) is 21.5. The number of carbonyl (C=O) groups excluding carboxylic acids is 3. The third-order valence-electron chi connectivity index (χ3n) is 5.75. The van der Waals surface area contributed by atoms with Gasteiger partial charge in [0.05, 0.1) is 4.90 Å². The molecule has 1 aliphatic rings. The monoisotopic (exact) mass is 518 g/mol. The van der Waals surface area contributed by atoms with Crippen LogP contribution in [0.15, 0.2) is 47.4 Å². The second-order valence-electron chi connectivity index (χ2n) is 9.94. The summed E-state index contributed by atoms with van der Waals surface area (Å²) in [6.07, 6.45) is 0.203.